The Balaban J connectivity index is 1.57. The fraction of sp³-hybridized carbons (Fsp3) is 0.429. The van der Waals surface area contributed by atoms with E-state index in [1.54, 1.807) is 47.8 Å². The number of amides is 2. The highest BCUT2D eigenvalue weighted by Crippen LogP contribution is 2.27. The topological polar surface area (TPSA) is 78.4 Å². The van der Waals surface area contributed by atoms with E-state index in [1.807, 2.05) is 20.8 Å². The van der Waals surface area contributed by atoms with Crippen molar-refractivity contribution in [2.24, 2.45) is 5.41 Å². The normalized spacial score (nSPS) is 15.7. The Kier molecular flexibility index (Phi) is 6.37. The zero-order valence-electron chi connectivity index (χ0n) is 16.9. The van der Waals surface area contributed by atoms with Gasteiger partial charge in [-0.3, -0.25) is 9.78 Å². The van der Waals surface area contributed by atoms with Gasteiger partial charge in [0.2, 0.25) is 0 Å². The van der Waals surface area contributed by atoms with Gasteiger partial charge in [0.25, 0.3) is 0 Å². The summed E-state index contributed by atoms with van der Waals surface area (Å²) >= 11 is 5.91. The van der Waals surface area contributed by atoms with Gasteiger partial charge in [0.1, 0.15) is 5.82 Å². The van der Waals surface area contributed by atoms with E-state index < -0.39 is 5.41 Å². The van der Waals surface area contributed by atoms with E-state index in [-0.39, 0.29) is 17.9 Å². The fourth-order valence-corrected chi connectivity index (χ4v) is 3.35. The third-order valence-electron chi connectivity index (χ3n) is 5.55. The summed E-state index contributed by atoms with van der Waals surface area (Å²) in [5.41, 5.74) is -0.177. The Morgan fingerprint density at radius 1 is 1.10 bits per heavy atom. The van der Waals surface area contributed by atoms with Crippen molar-refractivity contribution in [3.05, 3.63) is 53.4 Å². The van der Waals surface area contributed by atoms with Crippen LogP contribution in [-0.4, -0.2) is 58.9 Å². The average Bonchev–Trinajstić information content (AvgIpc) is 2.74. The van der Waals surface area contributed by atoms with Crippen molar-refractivity contribution in [3.63, 3.8) is 0 Å². The molecule has 2 heterocycles. The van der Waals surface area contributed by atoms with E-state index in [0.29, 0.717) is 36.8 Å². The van der Waals surface area contributed by atoms with Crippen LogP contribution in [0.15, 0.2) is 42.9 Å². The summed E-state index contributed by atoms with van der Waals surface area (Å²) in [6, 6.07) is 6.33. The van der Waals surface area contributed by atoms with Gasteiger partial charge in [0.05, 0.1) is 6.20 Å². The lowest BCUT2D eigenvalue weighted by atomic mass is 9.78. The molecular weight excluding hydrogens is 390 g/mol. The molecule has 8 heteroatoms. The average molecular weight is 416 g/mol. The molecule has 1 unspecified atom stereocenters. The minimum absolute atomic E-state index is 0.0329. The number of hydrogen-bond acceptors (Lipinski definition) is 5. The standard InChI is InChI=1S/C21H26ClN5O2/c1-15(21(2,3)19(28)16-4-6-17(22)7-5-16)25-20(29)27-12-10-26(11-13-27)18-14-23-8-9-24-18/h4-9,14-15H,10-13H2,1-3H3,(H,25,29). The van der Waals surface area contributed by atoms with Crippen molar-refractivity contribution >= 4 is 29.2 Å². The second-order valence-corrected chi connectivity index (χ2v) is 8.20. The molecule has 1 aliphatic rings. The second-order valence-electron chi connectivity index (χ2n) is 7.77. The minimum Gasteiger partial charge on any atom is -0.352 e. The maximum atomic E-state index is 12.9. The summed E-state index contributed by atoms with van der Waals surface area (Å²) in [5, 5.41) is 3.58. The summed E-state index contributed by atoms with van der Waals surface area (Å²) in [6.45, 7) is 8.10. The Labute approximate surface area is 176 Å². The number of nitrogens with zero attached hydrogens (tertiary/aromatic N) is 4. The molecule has 0 radical (unpaired) electrons. The van der Waals surface area contributed by atoms with Gasteiger partial charge in [0.15, 0.2) is 5.78 Å². The molecule has 0 spiro atoms. The van der Waals surface area contributed by atoms with Crippen LogP contribution in [0.3, 0.4) is 0 Å². The molecule has 1 aliphatic heterocycles. The summed E-state index contributed by atoms with van der Waals surface area (Å²) in [5.74, 6) is 0.782. The maximum absolute atomic E-state index is 12.9. The summed E-state index contributed by atoms with van der Waals surface area (Å²) < 4.78 is 0. The molecule has 1 aromatic carbocycles. The van der Waals surface area contributed by atoms with Crippen LogP contribution < -0.4 is 10.2 Å². The predicted molar refractivity (Wildman–Crippen MR) is 113 cm³/mol. The van der Waals surface area contributed by atoms with Crippen molar-refractivity contribution < 1.29 is 9.59 Å². The first-order valence-corrected chi connectivity index (χ1v) is 10.0. The van der Waals surface area contributed by atoms with Gasteiger partial charge >= 0.3 is 6.03 Å². The van der Waals surface area contributed by atoms with Gasteiger partial charge in [-0.2, -0.15) is 0 Å². The Bertz CT molecular complexity index is 849. The zero-order valence-corrected chi connectivity index (χ0v) is 17.7. The predicted octanol–water partition coefficient (Wildman–Crippen LogP) is 3.26. The molecule has 0 bridgehead atoms. The third kappa shape index (κ3) is 4.85. The number of urea groups is 1. The van der Waals surface area contributed by atoms with Crippen molar-refractivity contribution in [3.8, 4) is 0 Å². The molecule has 154 valence electrons. The number of anilines is 1. The highest BCUT2D eigenvalue weighted by Gasteiger charge is 2.36. The van der Waals surface area contributed by atoms with Gasteiger partial charge in [-0.15, -0.1) is 0 Å². The first-order valence-electron chi connectivity index (χ1n) is 9.66. The number of carbonyl (C=O) groups excluding carboxylic acids is 2. The van der Waals surface area contributed by atoms with Gasteiger partial charge < -0.3 is 15.1 Å². The van der Waals surface area contributed by atoms with Crippen molar-refractivity contribution in [1.29, 1.82) is 0 Å². The van der Waals surface area contributed by atoms with Gasteiger partial charge in [0, 0.05) is 60.6 Å². The largest absolute Gasteiger partial charge is 0.352 e. The molecule has 1 saturated heterocycles. The molecular formula is C21H26ClN5O2. The molecule has 1 N–H and O–H groups in total. The lowest BCUT2D eigenvalue weighted by Crippen LogP contribution is -2.56. The van der Waals surface area contributed by atoms with Crippen LogP contribution in [0.2, 0.25) is 5.02 Å². The maximum Gasteiger partial charge on any atom is 0.317 e. The molecule has 2 aromatic rings. The monoisotopic (exact) mass is 415 g/mol. The van der Waals surface area contributed by atoms with E-state index in [1.165, 1.54) is 0 Å². The number of benzene rings is 1. The Hall–Kier alpha value is -2.67. The summed E-state index contributed by atoms with van der Waals surface area (Å²) in [4.78, 5) is 38.0. The van der Waals surface area contributed by atoms with Gasteiger partial charge in [-0.25, -0.2) is 9.78 Å². The third-order valence-corrected chi connectivity index (χ3v) is 5.81. The van der Waals surface area contributed by atoms with Crippen LogP contribution in [0.5, 0.6) is 0 Å². The zero-order chi connectivity index (χ0) is 21.0. The molecule has 1 aromatic heterocycles. The molecule has 2 amide bonds. The van der Waals surface area contributed by atoms with E-state index in [4.69, 9.17) is 11.6 Å². The number of Topliss-reactive ketones (excluding diaryl/α,β-unsaturated/α-hetero) is 1. The SMILES string of the molecule is CC(NC(=O)N1CCN(c2cnccn2)CC1)C(C)(C)C(=O)c1ccc(Cl)cc1. The highest BCUT2D eigenvalue weighted by atomic mass is 35.5. The van der Waals surface area contributed by atoms with E-state index in [2.05, 4.69) is 20.2 Å². The molecule has 1 fully saturated rings. The first kappa shape index (κ1) is 21.0. The van der Waals surface area contributed by atoms with E-state index in [0.717, 1.165) is 5.82 Å². The Morgan fingerprint density at radius 2 is 1.76 bits per heavy atom. The Morgan fingerprint density at radius 3 is 2.34 bits per heavy atom. The van der Waals surface area contributed by atoms with Crippen LogP contribution in [0.1, 0.15) is 31.1 Å². The van der Waals surface area contributed by atoms with Crippen molar-refractivity contribution in [2.75, 3.05) is 31.1 Å². The van der Waals surface area contributed by atoms with Crippen LogP contribution in [-0.2, 0) is 0 Å². The highest BCUT2D eigenvalue weighted by molar-refractivity contribution is 6.30. The van der Waals surface area contributed by atoms with Crippen LogP contribution in [0, 0.1) is 5.41 Å². The number of carbonyl (C=O) groups is 2. The number of aromatic nitrogens is 2. The lowest BCUT2D eigenvalue weighted by Gasteiger charge is -2.37. The molecule has 29 heavy (non-hydrogen) atoms. The molecule has 1 atom stereocenters. The van der Waals surface area contributed by atoms with Crippen molar-refractivity contribution in [1.82, 2.24) is 20.2 Å². The smallest absolute Gasteiger partial charge is 0.317 e. The fourth-order valence-electron chi connectivity index (χ4n) is 3.22. The summed E-state index contributed by atoms with van der Waals surface area (Å²) in [7, 11) is 0. The van der Waals surface area contributed by atoms with Gasteiger partial charge in [-0.05, 0) is 31.2 Å². The molecule has 0 aliphatic carbocycles. The number of hydrogen-bond donors (Lipinski definition) is 1. The molecule has 7 nitrogen and oxygen atoms in total. The van der Waals surface area contributed by atoms with Crippen LogP contribution in [0.4, 0.5) is 10.6 Å². The molecule has 0 saturated carbocycles. The van der Waals surface area contributed by atoms with Crippen molar-refractivity contribution in [2.45, 2.75) is 26.8 Å². The number of halogens is 1. The molecule has 3 rings (SSSR count). The number of ketones is 1. The summed E-state index contributed by atoms with van der Waals surface area (Å²) in [6.07, 6.45) is 5.03. The first-order chi connectivity index (χ1) is 13.8. The van der Waals surface area contributed by atoms with Gasteiger partial charge in [-0.1, -0.05) is 25.4 Å². The van der Waals surface area contributed by atoms with Crippen LogP contribution in [0.25, 0.3) is 0 Å². The number of piperazine rings is 1. The second kappa shape index (κ2) is 8.78. The minimum atomic E-state index is -0.759. The number of nitrogens with one attached hydrogen (secondary N) is 1. The van der Waals surface area contributed by atoms with Crippen LogP contribution >= 0.6 is 11.6 Å². The van der Waals surface area contributed by atoms with E-state index in [9.17, 15) is 9.59 Å². The number of rotatable bonds is 5. The lowest BCUT2D eigenvalue weighted by molar-refractivity contribution is 0.0790. The van der Waals surface area contributed by atoms with E-state index >= 15 is 0 Å². The quantitative estimate of drug-likeness (QED) is 0.758.